The quantitative estimate of drug-likeness (QED) is 0.574. The summed E-state index contributed by atoms with van der Waals surface area (Å²) in [5.74, 6) is 0.531. The van der Waals surface area contributed by atoms with Gasteiger partial charge in [0.15, 0.2) is 0 Å². The maximum absolute atomic E-state index is 4.23. The van der Waals surface area contributed by atoms with Crippen LogP contribution >= 0.6 is 11.8 Å². The van der Waals surface area contributed by atoms with Gasteiger partial charge in [-0.2, -0.15) is 0 Å². The zero-order valence-electron chi connectivity index (χ0n) is 7.09. The van der Waals surface area contributed by atoms with Crippen molar-refractivity contribution in [2.45, 2.75) is 20.8 Å². The Morgan fingerprint density at radius 1 is 1.50 bits per heavy atom. The Kier molecular flexibility index (Phi) is 5.40. The largest absolute Gasteiger partial charge is 0.265 e. The number of hydrogen-bond donors (Lipinski definition) is 0. The summed E-state index contributed by atoms with van der Waals surface area (Å²) >= 11 is 1.70. The lowest BCUT2D eigenvalue weighted by molar-refractivity contribution is 0.762. The van der Waals surface area contributed by atoms with Crippen molar-refractivity contribution in [2.75, 3.05) is 6.26 Å². The first-order chi connectivity index (χ1) is 4.72. The highest BCUT2D eigenvalue weighted by Crippen LogP contribution is 2.13. The maximum atomic E-state index is 4.23. The van der Waals surface area contributed by atoms with Crippen molar-refractivity contribution in [3.63, 3.8) is 0 Å². The second-order valence-electron chi connectivity index (χ2n) is 2.32. The van der Waals surface area contributed by atoms with Crippen LogP contribution in [0.4, 0.5) is 0 Å². The molecule has 0 heterocycles. The molecule has 0 N–H and O–H groups in total. The summed E-state index contributed by atoms with van der Waals surface area (Å²) in [5, 5.41) is 2.09. The van der Waals surface area contributed by atoms with Gasteiger partial charge in [-0.15, -0.1) is 11.8 Å². The molecule has 0 unspecified atom stereocenters. The Balaban J connectivity index is 4.11. The summed E-state index contributed by atoms with van der Waals surface area (Å²) < 4.78 is 0. The van der Waals surface area contributed by atoms with Crippen molar-refractivity contribution >= 4 is 18.0 Å². The van der Waals surface area contributed by atoms with E-state index in [1.54, 1.807) is 11.8 Å². The van der Waals surface area contributed by atoms with Crippen LogP contribution in [0.1, 0.15) is 20.8 Å². The van der Waals surface area contributed by atoms with Crippen LogP contribution in [0.15, 0.2) is 16.1 Å². The fourth-order valence-electron chi connectivity index (χ4n) is 0.585. The third kappa shape index (κ3) is 3.72. The summed E-state index contributed by atoms with van der Waals surface area (Å²) in [5.41, 5.74) is 1.16. The number of hydrogen-bond acceptors (Lipinski definition) is 2. The van der Waals surface area contributed by atoms with Crippen LogP contribution in [0.25, 0.3) is 0 Å². The summed E-state index contributed by atoms with van der Waals surface area (Å²) in [6, 6.07) is 0. The Morgan fingerprint density at radius 3 is 2.40 bits per heavy atom. The molecule has 0 aromatic carbocycles. The molecule has 0 aliphatic heterocycles. The molecule has 10 heavy (non-hydrogen) atoms. The smallest absolute Gasteiger partial charge is 0.0487 e. The van der Waals surface area contributed by atoms with Gasteiger partial charge in [-0.1, -0.05) is 13.8 Å². The zero-order valence-corrected chi connectivity index (χ0v) is 7.90. The lowest BCUT2D eigenvalue weighted by Gasteiger charge is -2.03. The molecule has 0 aliphatic rings. The maximum Gasteiger partial charge on any atom is 0.0487 e. The highest BCUT2D eigenvalue weighted by Gasteiger charge is 1.97. The minimum absolute atomic E-state index is 0.531. The molecule has 0 saturated carbocycles. The Morgan fingerprint density at radius 2 is 2.10 bits per heavy atom. The summed E-state index contributed by atoms with van der Waals surface area (Å²) in [6.07, 6.45) is 3.88. The summed E-state index contributed by atoms with van der Waals surface area (Å²) in [7, 11) is 0. The first kappa shape index (κ1) is 9.76. The first-order valence-electron chi connectivity index (χ1n) is 3.44. The molecule has 0 saturated heterocycles. The average Bonchev–Trinajstić information content (AvgIpc) is 1.87. The lowest BCUT2D eigenvalue weighted by atomic mass is 10.2. The predicted molar refractivity (Wildman–Crippen MR) is 50.6 cm³/mol. The zero-order chi connectivity index (χ0) is 7.98. The van der Waals surface area contributed by atoms with E-state index in [9.17, 15) is 0 Å². The normalized spacial score (nSPS) is 13.5. The van der Waals surface area contributed by atoms with Gasteiger partial charge in [0.1, 0.15) is 0 Å². The Bertz CT molecular complexity index is 136. The molecule has 2 heteroatoms. The average molecular weight is 157 g/mol. The van der Waals surface area contributed by atoms with Crippen molar-refractivity contribution in [3.05, 3.63) is 11.1 Å². The third-order valence-corrected chi connectivity index (χ3v) is 1.59. The Labute approximate surface area is 67.6 Å². The van der Waals surface area contributed by atoms with E-state index < -0.39 is 0 Å². The van der Waals surface area contributed by atoms with Gasteiger partial charge in [-0.25, -0.2) is 0 Å². The monoisotopic (exact) mass is 157 g/mol. The lowest BCUT2D eigenvalue weighted by Crippen LogP contribution is -1.89. The molecular weight excluding hydrogens is 142 g/mol. The summed E-state index contributed by atoms with van der Waals surface area (Å²) in [6.45, 7) is 6.24. The van der Waals surface area contributed by atoms with Gasteiger partial charge in [0, 0.05) is 11.9 Å². The molecule has 0 atom stereocenters. The van der Waals surface area contributed by atoms with Gasteiger partial charge in [-0.3, -0.25) is 4.99 Å². The van der Waals surface area contributed by atoms with Crippen molar-refractivity contribution in [2.24, 2.45) is 10.9 Å². The molecule has 0 amide bonds. The standard InChI is InChI=1S/C8H15NS/c1-5-9-8(6-10-4)7(2)3/h5-7H,1-4H3/b8-6-,9-5?. The molecule has 0 radical (unpaired) electrons. The number of thioether (sulfide) groups is 1. The molecule has 0 aromatic heterocycles. The van der Waals surface area contributed by atoms with Crippen molar-refractivity contribution in [1.82, 2.24) is 0 Å². The van der Waals surface area contributed by atoms with E-state index in [2.05, 4.69) is 24.2 Å². The third-order valence-electron chi connectivity index (χ3n) is 1.11. The number of aliphatic imine (C=N–C) groups is 1. The second-order valence-corrected chi connectivity index (χ2v) is 3.03. The summed E-state index contributed by atoms with van der Waals surface area (Å²) in [4.78, 5) is 4.23. The molecule has 0 aliphatic carbocycles. The van der Waals surface area contributed by atoms with E-state index in [0.29, 0.717) is 5.92 Å². The van der Waals surface area contributed by atoms with Gasteiger partial charge in [0.05, 0.1) is 0 Å². The minimum atomic E-state index is 0.531. The van der Waals surface area contributed by atoms with Gasteiger partial charge in [0.25, 0.3) is 0 Å². The molecule has 0 rings (SSSR count). The van der Waals surface area contributed by atoms with Crippen LogP contribution in [0.5, 0.6) is 0 Å². The van der Waals surface area contributed by atoms with Crippen LogP contribution in [0.3, 0.4) is 0 Å². The number of rotatable bonds is 3. The topological polar surface area (TPSA) is 12.4 Å². The van der Waals surface area contributed by atoms with E-state index in [0.717, 1.165) is 5.70 Å². The van der Waals surface area contributed by atoms with Crippen LogP contribution in [0, 0.1) is 5.92 Å². The second kappa shape index (κ2) is 5.54. The van der Waals surface area contributed by atoms with Gasteiger partial charge in [0.2, 0.25) is 0 Å². The number of allylic oxidation sites excluding steroid dienone is 1. The van der Waals surface area contributed by atoms with Crippen LogP contribution in [0.2, 0.25) is 0 Å². The Hall–Kier alpha value is -0.240. The minimum Gasteiger partial charge on any atom is -0.265 e. The molecule has 0 spiro atoms. The van der Waals surface area contributed by atoms with Crippen molar-refractivity contribution < 1.29 is 0 Å². The molecule has 0 bridgehead atoms. The SMILES string of the molecule is CC=N/C(=C\SC)C(C)C. The highest BCUT2D eigenvalue weighted by atomic mass is 32.2. The molecule has 58 valence electrons. The van der Waals surface area contributed by atoms with Gasteiger partial charge in [-0.05, 0) is 24.5 Å². The van der Waals surface area contributed by atoms with E-state index in [1.165, 1.54) is 0 Å². The van der Waals surface area contributed by atoms with Crippen LogP contribution in [-0.2, 0) is 0 Å². The van der Waals surface area contributed by atoms with E-state index in [4.69, 9.17) is 0 Å². The van der Waals surface area contributed by atoms with Gasteiger partial charge < -0.3 is 0 Å². The molecule has 1 nitrogen and oxygen atoms in total. The predicted octanol–water partition coefficient (Wildman–Crippen LogP) is 2.94. The van der Waals surface area contributed by atoms with E-state index >= 15 is 0 Å². The van der Waals surface area contributed by atoms with E-state index in [1.807, 2.05) is 19.4 Å². The van der Waals surface area contributed by atoms with E-state index in [-0.39, 0.29) is 0 Å². The van der Waals surface area contributed by atoms with Crippen LogP contribution < -0.4 is 0 Å². The van der Waals surface area contributed by atoms with Crippen LogP contribution in [-0.4, -0.2) is 12.5 Å². The number of nitrogens with zero attached hydrogens (tertiary/aromatic N) is 1. The molecule has 0 aromatic rings. The van der Waals surface area contributed by atoms with Crippen molar-refractivity contribution in [3.8, 4) is 0 Å². The first-order valence-corrected chi connectivity index (χ1v) is 4.72. The molecular formula is C8H15NS. The fourth-order valence-corrected chi connectivity index (χ4v) is 1.16. The fraction of sp³-hybridized carbons (Fsp3) is 0.625. The molecule has 0 fully saturated rings. The van der Waals surface area contributed by atoms with Gasteiger partial charge >= 0.3 is 0 Å². The highest BCUT2D eigenvalue weighted by molar-refractivity contribution is 8.01. The van der Waals surface area contributed by atoms with Crippen molar-refractivity contribution in [1.29, 1.82) is 0 Å².